The van der Waals surface area contributed by atoms with Gasteiger partial charge in [-0.3, -0.25) is 0 Å². The van der Waals surface area contributed by atoms with Crippen molar-refractivity contribution in [2.75, 3.05) is 0 Å². The number of aromatic nitrogens is 1. The topological polar surface area (TPSA) is 49.9 Å². The second-order valence-corrected chi connectivity index (χ2v) is 14.3. The van der Waals surface area contributed by atoms with E-state index in [-0.39, 0.29) is 0 Å². The van der Waals surface area contributed by atoms with Gasteiger partial charge in [0.1, 0.15) is 5.52 Å². The molecule has 1 heterocycles. The summed E-state index contributed by atoms with van der Waals surface area (Å²) >= 11 is 0. The highest BCUT2D eigenvalue weighted by Gasteiger charge is 2.17. The van der Waals surface area contributed by atoms with Gasteiger partial charge in [-0.2, -0.15) is 0 Å². The van der Waals surface area contributed by atoms with Crippen molar-refractivity contribution in [3.05, 3.63) is 210 Å². The Morgan fingerprint density at radius 1 is 0.741 bits per heavy atom. The normalized spacial score (nSPS) is 12.4. The summed E-state index contributed by atoms with van der Waals surface area (Å²) < 4.78 is 6.65. The van der Waals surface area contributed by atoms with Crippen LogP contribution in [0.15, 0.2) is 181 Å². The summed E-state index contributed by atoms with van der Waals surface area (Å²) in [5.41, 5.74) is 11.6. The third-order valence-corrected chi connectivity index (χ3v) is 10.6. The highest BCUT2D eigenvalue weighted by atomic mass is 16.3. The number of nitrogens with one attached hydrogen (secondary N) is 1. The number of nitrogens with zero attached hydrogens (tertiary/aromatic N) is 1. The molecule has 8 rings (SSSR count). The van der Waals surface area contributed by atoms with E-state index in [0.717, 1.165) is 72.5 Å². The Kier molecular flexibility index (Phi) is 10.7. The molecule has 0 radical (unpaired) electrons. The molecule has 3 nitrogen and oxygen atoms in total. The maximum Gasteiger partial charge on any atom is 0.227 e. The van der Waals surface area contributed by atoms with E-state index in [1.54, 1.807) is 12.2 Å². The molecule has 0 unspecified atom stereocenters. The minimum Gasteiger partial charge on any atom is -0.436 e. The van der Waals surface area contributed by atoms with E-state index < -0.39 is 0 Å². The lowest BCUT2D eigenvalue weighted by Gasteiger charge is -2.12. The first-order chi connectivity index (χ1) is 28.4. The lowest BCUT2D eigenvalue weighted by Crippen LogP contribution is -2.26. The molecule has 1 N–H and O–H groups in total. The van der Waals surface area contributed by atoms with Crippen molar-refractivity contribution in [2.24, 2.45) is 0 Å². The van der Waals surface area contributed by atoms with Crippen molar-refractivity contribution in [3.8, 4) is 34.9 Å². The van der Waals surface area contributed by atoms with E-state index in [2.05, 4.69) is 159 Å². The standard InChI is InChI=1S/C55H42N2O/c1-5-7-17-40(6-2)48-22-10-8-18-45(48)31-38(4)52-33-39(32-47-36-46-19-9-11-23-49(46)51-25-13-12-24-50(47)51)34-53-54(52)57-55(58-53)42-28-26-41(27-29-42)44-21-14-20-43(35-44)37(3)16-15-30-56/h1,7-31,33-36,56H,3-4,6,32H2,2H3/b16-15-,17-7-,45-31-,48-40+,56-30?. The zero-order chi connectivity index (χ0) is 40.0. The van der Waals surface area contributed by atoms with E-state index >= 15 is 0 Å². The van der Waals surface area contributed by atoms with Crippen molar-refractivity contribution in [3.63, 3.8) is 0 Å². The molecule has 0 saturated heterocycles. The molecule has 0 spiro atoms. The molecule has 0 atom stereocenters. The van der Waals surface area contributed by atoms with Gasteiger partial charge in [0.2, 0.25) is 5.89 Å². The van der Waals surface area contributed by atoms with Crippen LogP contribution in [0.4, 0.5) is 0 Å². The van der Waals surface area contributed by atoms with Crippen molar-refractivity contribution >= 4 is 61.7 Å². The molecule has 0 bridgehead atoms. The fraction of sp³-hybridized carbons (Fsp3) is 0.0545. The molecule has 3 heteroatoms. The Bertz CT molecular complexity index is 3130. The maximum absolute atomic E-state index is 7.31. The number of hydrogen-bond donors (Lipinski definition) is 1. The van der Waals surface area contributed by atoms with Crippen LogP contribution in [0.3, 0.4) is 0 Å². The predicted molar refractivity (Wildman–Crippen MR) is 247 cm³/mol. The molecule has 0 saturated carbocycles. The monoisotopic (exact) mass is 746 g/mol. The second kappa shape index (κ2) is 16.7. The van der Waals surface area contributed by atoms with Gasteiger partial charge in [-0.05, 0) is 138 Å². The Labute approximate surface area is 339 Å². The van der Waals surface area contributed by atoms with Gasteiger partial charge in [0, 0.05) is 17.3 Å². The summed E-state index contributed by atoms with van der Waals surface area (Å²) in [6.07, 6.45) is 17.8. The predicted octanol–water partition coefficient (Wildman–Crippen LogP) is 12.5. The van der Waals surface area contributed by atoms with Crippen LogP contribution in [0.5, 0.6) is 0 Å². The second-order valence-electron chi connectivity index (χ2n) is 14.3. The van der Waals surface area contributed by atoms with Gasteiger partial charge in [-0.1, -0.05) is 147 Å². The number of oxazole rings is 1. The third-order valence-electron chi connectivity index (χ3n) is 10.6. The van der Waals surface area contributed by atoms with Crippen molar-refractivity contribution in [1.82, 2.24) is 4.98 Å². The van der Waals surface area contributed by atoms with Crippen LogP contribution in [0.1, 0.15) is 35.6 Å². The number of benzene rings is 7. The first-order valence-corrected chi connectivity index (χ1v) is 19.5. The fourth-order valence-electron chi connectivity index (χ4n) is 7.75. The minimum atomic E-state index is 0.546. The smallest absolute Gasteiger partial charge is 0.227 e. The zero-order valence-electron chi connectivity index (χ0n) is 32.5. The van der Waals surface area contributed by atoms with Crippen LogP contribution in [-0.2, 0) is 6.42 Å². The number of terminal acetylenes is 1. The Morgan fingerprint density at radius 3 is 2.28 bits per heavy atom. The lowest BCUT2D eigenvalue weighted by molar-refractivity contribution is 0.619. The minimum absolute atomic E-state index is 0.546. The van der Waals surface area contributed by atoms with Gasteiger partial charge in [0.15, 0.2) is 5.58 Å². The molecule has 7 aromatic carbocycles. The highest BCUT2D eigenvalue weighted by molar-refractivity contribution is 6.09. The number of hydrogen-bond acceptors (Lipinski definition) is 3. The van der Waals surface area contributed by atoms with Crippen LogP contribution >= 0.6 is 0 Å². The Hall–Kier alpha value is -7.54. The lowest BCUT2D eigenvalue weighted by atomic mass is 9.92. The molecule has 0 aliphatic heterocycles. The molecule has 58 heavy (non-hydrogen) atoms. The average molecular weight is 747 g/mol. The fourth-order valence-corrected chi connectivity index (χ4v) is 7.75. The van der Waals surface area contributed by atoms with Crippen molar-refractivity contribution < 1.29 is 4.42 Å². The molecule has 1 aromatic heterocycles. The van der Waals surface area contributed by atoms with Crippen LogP contribution in [0.25, 0.3) is 78.0 Å². The Morgan fingerprint density at radius 2 is 1.48 bits per heavy atom. The molecule has 0 aliphatic rings. The number of rotatable bonds is 11. The molecular formula is C55H42N2O. The van der Waals surface area contributed by atoms with E-state index in [9.17, 15) is 0 Å². The SMILES string of the molecule is C#C\C=C/C(CC)=c1\cccc\c1=C\C(=C)c1cc(Cc2cc3ccccc3c3ccccc23)cc2oc(-c3ccc(-c4cccc(C(=C)/C=C\C=N)c4)cc3)nc12. The molecule has 278 valence electrons. The zero-order valence-corrected chi connectivity index (χ0v) is 32.5. The summed E-state index contributed by atoms with van der Waals surface area (Å²) in [5, 5.41) is 14.4. The summed E-state index contributed by atoms with van der Waals surface area (Å²) in [7, 11) is 0. The largest absolute Gasteiger partial charge is 0.436 e. The van der Waals surface area contributed by atoms with Gasteiger partial charge in [-0.15, -0.1) is 6.42 Å². The molecule has 0 amide bonds. The van der Waals surface area contributed by atoms with Crippen molar-refractivity contribution in [2.45, 2.75) is 19.8 Å². The average Bonchev–Trinajstić information content (AvgIpc) is 3.70. The van der Waals surface area contributed by atoms with Crippen LogP contribution in [-0.4, -0.2) is 11.2 Å². The summed E-state index contributed by atoms with van der Waals surface area (Å²) in [6.45, 7) is 11.0. The van der Waals surface area contributed by atoms with E-state index in [0.29, 0.717) is 17.9 Å². The van der Waals surface area contributed by atoms with Crippen LogP contribution in [0, 0.1) is 17.8 Å². The van der Waals surface area contributed by atoms with Gasteiger partial charge in [-0.25, -0.2) is 4.98 Å². The summed E-state index contributed by atoms with van der Waals surface area (Å²) in [5.74, 6) is 3.18. The van der Waals surface area contributed by atoms with Gasteiger partial charge < -0.3 is 9.83 Å². The summed E-state index contributed by atoms with van der Waals surface area (Å²) in [4.78, 5) is 5.14. The quantitative estimate of drug-likeness (QED) is 0.0620. The first kappa shape index (κ1) is 37.4. The maximum atomic E-state index is 7.31. The number of allylic oxidation sites excluding steroid dienone is 6. The van der Waals surface area contributed by atoms with Crippen molar-refractivity contribution in [1.29, 1.82) is 5.41 Å². The van der Waals surface area contributed by atoms with Gasteiger partial charge >= 0.3 is 0 Å². The van der Waals surface area contributed by atoms with E-state index in [1.807, 2.05) is 24.3 Å². The molecule has 8 aromatic rings. The van der Waals surface area contributed by atoms with Crippen LogP contribution in [0.2, 0.25) is 0 Å². The molecule has 0 fully saturated rings. The Balaban J connectivity index is 1.24. The first-order valence-electron chi connectivity index (χ1n) is 19.5. The highest BCUT2D eigenvalue weighted by Crippen LogP contribution is 2.35. The van der Waals surface area contributed by atoms with Crippen LogP contribution < -0.4 is 10.4 Å². The third kappa shape index (κ3) is 7.65. The summed E-state index contributed by atoms with van der Waals surface area (Å²) in [6, 6.07) is 48.8. The molecule has 0 aliphatic carbocycles. The van der Waals surface area contributed by atoms with E-state index in [1.165, 1.54) is 33.3 Å². The molecular weight excluding hydrogens is 705 g/mol. The van der Waals surface area contributed by atoms with Gasteiger partial charge in [0.05, 0.1) is 0 Å². The van der Waals surface area contributed by atoms with Gasteiger partial charge in [0.25, 0.3) is 0 Å². The number of fused-ring (bicyclic) bond motifs is 4. The van der Waals surface area contributed by atoms with E-state index in [4.69, 9.17) is 21.2 Å².